The minimum Gasteiger partial charge on any atom is -0.360 e. The van der Waals surface area contributed by atoms with Gasteiger partial charge in [-0.1, -0.05) is 53.7 Å². The molecule has 0 radical (unpaired) electrons. The molecule has 0 bridgehead atoms. The third kappa shape index (κ3) is 4.07. The molecule has 0 atom stereocenters. The van der Waals surface area contributed by atoms with Gasteiger partial charge in [-0.15, -0.1) is 11.3 Å². The van der Waals surface area contributed by atoms with Crippen LogP contribution in [0.15, 0.2) is 83.5 Å². The number of piperazine rings is 1. The number of anilines is 1. The van der Waals surface area contributed by atoms with Gasteiger partial charge in [0, 0.05) is 42.2 Å². The quantitative estimate of drug-likeness (QED) is 0.451. The van der Waals surface area contributed by atoms with Crippen LogP contribution in [0.5, 0.6) is 0 Å². The maximum atomic E-state index is 12.7. The number of hydrogen-bond acceptors (Lipinski definition) is 6. The van der Waals surface area contributed by atoms with Crippen molar-refractivity contribution in [3.63, 3.8) is 0 Å². The normalized spacial score (nSPS) is 17.4. The number of nitrogens with zero attached hydrogens (tertiary/aromatic N) is 3. The molecule has 0 aliphatic carbocycles. The summed E-state index contributed by atoms with van der Waals surface area (Å²) < 4.78 is 0. The van der Waals surface area contributed by atoms with Crippen LogP contribution in [0.4, 0.5) is 5.00 Å². The summed E-state index contributed by atoms with van der Waals surface area (Å²) in [5.41, 5.74) is 2.59. The maximum Gasteiger partial charge on any atom is 0.368 e. The first kappa shape index (κ1) is 20.2. The molecule has 2 aromatic carbocycles. The first-order valence-corrected chi connectivity index (χ1v) is 11.3. The van der Waals surface area contributed by atoms with Gasteiger partial charge in [-0.25, -0.2) is 4.79 Å². The lowest BCUT2D eigenvalue weighted by molar-refractivity contribution is -0.136. The van der Waals surface area contributed by atoms with E-state index in [2.05, 4.69) is 16.1 Å². The topological polar surface area (TPSA) is 62.2 Å². The van der Waals surface area contributed by atoms with Gasteiger partial charge in [-0.2, -0.15) is 0 Å². The summed E-state index contributed by atoms with van der Waals surface area (Å²) in [6.45, 7) is 2.90. The van der Waals surface area contributed by atoms with E-state index in [1.54, 1.807) is 11.3 Å². The molecule has 1 fully saturated rings. The van der Waals surface area contributed by atoms with E-state index >= 15 is 0 Å². The molecule has 0 spiro atoms. The zero-order valence-electron chi connectivity index (χ0n) is 17.3. The molecule has 1 aromatic heterocycles. The fraction of sp³-hybridized carbons (Fsp3) is 0.160. The van der Waals surface area contributed by atoms with E-state index in [0.717, 1.165) is 34.1 Å². The molecule has 3 heterocycles. The van der Waals surface area contributed by atoms with Crippen LogP contribution in [0, 0.1) is 0 Å². The third-order valence-corrected chi connectivity index (χ3v) is 6.63. The second-order valence-corrected chi connectivity index (χ2v) is 8.66. The Morgan fingerprint density at radius 2 is 1.59 bits per heavy atom. The van der Waals surface area contributed by atoms with Gasteiger partial charge in [0.15, 0.2) is 0 Å². The number of thiophene rings is 1. The standard InChI is InChI=1S/C25H21N3O3S/c29-24(19-9-5-2-6-10-19)28-15-13-27(14-16-28)22-12-11-20(32-22)17-21-23(26-31-25(21)30)18-7-3-1-4-8-18/h1-12,17H,13-16H2/b21-17-. The SMILES string of the molecule is O=C1ON=C(c2ccccc2)/C1=C/c1ccc(N2CCN(C(=O)c3ccccc3)CC2)s1. The zero-order chi connectivity index (χ0) is 21.9. The molecule has 3 aromatic rings. The van der Waals surface area contributed by atoms with Crippen LogP contribution < -0.4 is 4.90 Å². The van der Waals surface area contributed by atoms with Gasteiger partial charge in [0.2, 0.25) is 0 Å². The zero-order valence-corrected chi connectivity index (χ0v) is 18.1. The lowest BCUT2D eigenvalue weighted by atomic mass is 10.0. The largest absolute Gasteiger partial charge is 0.368 e. The van der Waals surface area contributed by atoms with Crippen LogP contribution >= 0.6 is 11.3 Å². The van der Waals surface area contributed by atoms with Crippen molar-refractivity contribution < 1.29 is 14.4 Å². The number of amides is 1. The first-order chi connectivity index (χ1) is 15.7. The number of carbonyl (C=O) groups excluding carboxylic acids is 2. The highest BCUT2D eigenvalue weighted by atomic mass is 32.1. The van der Waals surface area contributed by atoms with Crippen molar-refractivity contribution in [1.29, 1.82) is 0 Å². The molecule has 0 unspecified atom stereocenters. The number of hydrogen-bond donors (Lipinski definition) is 0. The molecule has 0 N–H and O–H groups in total. The van der Waals surface area contributed by atoms with Gasteiger partial charge in [0.25, 0.3) is 5.91 Å². The third-order valence-electron chi connectivity index (χ3n) is 5.54. The summed E-state index contributed by atoms with van der Waals surface area (Å²) >= 11 is 1.61. The van der Waals surface area contributed by atoms with Gasteiger partial charge in [-0.05, 0) is 30.3 Å². The molecule has 32 heavy (non-hydrogen) atoms. The van der Waals surface area contributed by atoms with Crippen LogP contribution in [0.2, 0.25) is 0 Å². The van der Waals surface area contributed by atoms with Crippen LogP contribution in [0.1, 0.15) is 20.8 Å². The summed E-state index contributed by atoms with van der Waals surface area (Å²) in [4.78, 5) is 35.0. The van der Waals surface area contributed by atoms with E-state index in [0.29, 0.717) is 24.4 Å². The Morgan fingerprint density at radius 3 is 2.31 bits per heavy atom. The van der Waals surface area contributed by atoms with Crippen molar-refractivity contribution in [3.05, 3.63) is 94.4 Å². The van der Waals surface area contributed by atoms with Crippen LogP contribution in [-0.2, 0) is 9.63 Å². The Labute approximate surface area is 190 Å². The van der Waals surface area contributed by atoms with Crippen molar-refractivity contribution >= 4 is 40.0 Å². The van der Waals surface area contributed by atoms with Crippen LogP contribution in [-0.4, -0.2) is 48.7 Å². The lowest BCUT2D eigenvalue weighted by Crippen LogP contribution is -2.48. The summed E-state index contributed by atoms with van der Waals surface area (Å²) in [6, 6.07) is 23.0. The molecule has 0 saturated carbocycles. The smallest absolute Gasteiger partial charge is 0.360 e. The Morgan fingerprint density at radius 1 is 0.906 bits per heavy atom. The van der Waals surface area contributed by atoms with E-state index < -0.39 is 5.97 Å². The van der Waals surface area contributed by atoms with Gasteiger partial charge >= 0.3 is 5.97 Å². The highest BCUT2D eigenvalue weighted by molar-refractivity contribution is 7.17. The molecule has 2 aliphatic heterocycles. The maximum absolute atomic E-state index is 12.7. The predicted molar refractivity (Wildman–Crippen MR) is 126 cm³/mol. The highest BCUT2D eigenvalue weighted by Gasteiger charge is 2.27. The summed E-state index contributed by atoms with van der Waals surface area (Å²) in [5, 5.41) is 5.09. The van der Waals surface area contributed by atoms with Crippen LogP contribution in [0.3, 0.4) is 0 Å². The molecule has 2 aliphatic rings. The Hall–Kier alpha value is -3.71. The predicted octanol–water partition coefficient (Wildman–Crippen LogP) is 4.06. The fourth-order valence-corrected chi connectivity index (χ4v) is 4.84. The first-order valence-electron chi connectivity index (χ1n) is 10.4. The number of rotatable bonds is 4. The average Bonchev–Trinajstić information content (AvgIpc) is 3.47. The molecule has 160 valence electrons. The lowest BCUT2D eigenvalue weighted by Gasteiger charge is -2.35. The van der Waals surface area contributed by atoms with Gasteiger partial charge in [0.05, 0.1) is 10.6 Å². The molecular formula is C25H21N3O3S. The van der Waals surface area contributed by atoms with Crippen molar-refractivity contribution in [2.24, 2.45) is 5.16 Å². The highest BCUT2D eigenvalue weighted by Crippen LogP contribution is 2.30. The Balaban J connectivity index is 1.27. The molecule has 5 rings (SSSR count). The second-order valence-electron chi connectivity index (χ2n) is 7.56. The van der Waals surface area contributed by atoms with E-state index in [4.69, 9.17) is 4.84 Å². The Kier molecular flexibility index (Phi) is 5.56. The molecule has 7 heteroatoms. The van der Waals surface area contributed by atoms with Crippen LogP contribution in [0.25, 0.3) is 6.08 Å². The van der Waals surface area contributed by atoms with Crippen molar-refractivity contribution in [1.82, 2.24) is 4.90 Å². The molecule has 6 nitrogen and oxygen atoms in total. The number of oxime groups is 1. The average molecular weight is 444 g/mol. The summed E-state index contributed by atoms with van der Waals surface area (Å²) in [5.74, 6) is -0.360. The molecular weight excluding hydrogens is 422 g/mol. The molecule has 1 amide bonds. The van der Waals surface area contributed by atoms with Crippen molar-refractivity contribution in [3.8, 4) is 0 Å². The Bertz CT molecular complexity index is 1190. The summed E-state index contributed by atoms with van der Waals surface area (Å²) in [6.07, 6.45) is 1.84. The van der Waals surface area contributed by atoms with E-state index in [9.17, 15) is 9.59 Å². The minimum absolute atomic E-state index is 0.0781. The van der Waals surface area contributed by atoms with E-state index in [-0.39, 0.29) is 5.91 Å². The van der Waals surface area contributed by atoms with E-state index in [1.165, 1.54) is 0 Å². The number of benzene rings is 2. The number of carbonyl (C=O) groups is 2. The second kappa shape index (κ2) is 8.80. The van der Waals surface area contributed by atoms with Crippen molar-refractivity contribution in [2.45, 2.75) is 0 Å². The van der Waals surface area contributed by atoms with Gasteiger partial charge < -0.3 is 14.6 Å². The van der Waals surface area contributed by atoms with E-state index in [1.807, 2.05) is 77.7 Å². The minimum atomic E-state index is -0.438. The fourth-order valence-electron chi connectivity index (χ4n) is 3.84. The monoisotopic (exact) mass is 443 g/mol. The van der Waals surface area contributed by atoms with Gasteiger partial charge in [-0.3, -0.25) is 4.79 Å². The van der Waals surface area contributed by atoms with Gasteiger partial charge in [0.1, 0.15) is 5.71 Å². The van der Waals surface area contributed by atoms with Crippen molar-refractivity contribution in [2.75, 3.05) is 31.1 Å². The molecule has 1 saturated heterocycles. The summed E-state index contributed by atoms with van der Waals surface area (Å²) in [7, 11) is 0.